The van der Waals surface area contributed by atoms with E-state index in [1.165, 1.54) is 6.07 Å². The first-order valence-corrected chi connectivity index (χ1v) is 19.7. The second-order valence-corrected chi connectivity index (χ2v) is 20.7. The SMILES string of the molecule is CC(C)[Si](C#Cc1c(F)ccc2cccc(-c3ncc4c(N5C[C@H]6NCC[C@H]65)nc(N5CC(N(C)C)C5)nc4c3F)c12)(C(C)C)C(C)C. The van der Waals surface area contributed by atoms with Crippen LogP contribution < -0.4 is 15.1 Å². The lowest BCUT2D eigenvalue weighted by atomic mass is 9.95. The maximum Gasteiger partial charge on any atom is 0.228 e. The fourth-order valence-corrected chi connectivity index (χ4v) is 13.8. The summed E-state index contributed by atoms with van der Waals surface area (Å²) in [5.41, 5.74) is 6.10. The molecule has 0 aliphatic carbocycles. The number of fused-ring (bicyclic) bond motifs is 3. The molecule has 1 N–H and O–H groups in total. The number of rotatable bonds is 7. The first kappa shape index (κ1) is 32.9. The number of pyridine rings is 1. The third-order valence-electron chi connectivity index (χ3n) is 11.4. The number of halogens is 2. The average Bonchev–Trinajstić information content (AvgIpc) is 3.37. The Balaban J connectivity index is 1.41. The molecular formula is C38H47F2N7Si. The van der Waals surface area contributed by atoms with E-state index in [0.29, 0.717) is 62.6 Å². The van der Waals surface area contributed by atoms with Crippen molar-refractivity contribution in [2.45, 2.75) is 82.7 Å². The van der Waals surface area contributed by atoms with Gasteiger partial charge in [-0.05, 0) is 55.1 Å². The maximum atomic E-state index is 17.1. The van der Waals surface area contributed by atoms with Gasteiger partial charge in [0.1, 0.15) is 30.9 Å². The molecule has 48 heavy (non-hydrogen) atoms. The lowest BCUT2D eigenvalue weighted by Crippen LogP contribution is -2.61. The number of anilines is 2. The Morgan fingerprint density at radius 3 is 2.35 bits per heavy atom. The minimum absolute atomic E-state index is 0.149. The number of hydrogen-bond acceptors (Lipinski definition) is 7. The summed E-state index contributed by atoms with van der Waals surface area (Å²) in [7, 11) is 1.97. The van der Waals surface area contributed by atoms with Crippen molar-refractivity contribution in [3.8, 4) is 22.7 Å². The molecule has 2 aromatic carbocycles. The fraction of sp³-hybridized carbons (Fsp3) is 0.500. The highest BCUT2D eigenvalue weighted by Crippen LogP contribution is 2.42. The Morgan fingerprint density at radius 1 is 0.958 bits per heavy atom. The number of nitrogens with one attached hydrogen (secondary N) is 1. The topological polar surface area (TPSA) is 60.4 Å². The van der Waals surface area contributed by atoms with Crippen LogP contribution in [0.15, 0.2) is 36.5 Å². The van der Waals surface area contributed by atoms with Gasteiger partial charge in [-0.3, -0.25) is 4.98 Å². The van der Waals surface area contributed by atoms with Crippen molar-refractivity contribution in [2.75, 3.05) is 50.1 Å². The van der Waals surface area contributed by atoms with Gasteiger partial charge in [0.25, 0.3) is 0 Å². The van der Waals surface area contributed by atoms with Crippen LogP contribution in [0.1, 0.15) is 53.5 Å². The van der Waals surface area contributed by atoms with E-state index in [0.717, 1.165) is 43.8 Å². The van der Waals surface area contributed by atoms with Gasteiger partial charge < -0.3 is 20.0 Å². The van der Waals surface area contributed by atoms with Gasteiger partial charge in [0, 0.05) is 54.9 Å². The highest BCUT2D eigenvalue weighted by atomic mass is 28.3. The Kier molecular flexibility index (Phi) is 8.46. The number of hydrogen-bond donors (Lipinski definition) is 1. The molecule has 0 saturated carbocycles. The summed E-state index contributed by atoms with van der Waals surface area (Å²) in [5.74, 6) is 3.71. The Morgan fingerprint density at radius 2 is 1.69 bits per heavy atom. The Labute approximate surface area is 284 Å². The van der Waals surface area contributed by atoms with Crippen LogP contribution in [-0.2, 0) is 0 Å². The lowest BCUT2D eigenvalue weighted by Gasteiger charge is -2.46. The van der Waals surface area contributed by atoms with Crippen LogP contribution in [0, 0.1) is 23.1 Å². The minimum Gasteiger partial charge on any atom is -0.350 e. The first-order valence-electron chi connectivity index (χ1n) is 17.4. The average molecular weight is 668 g/mol. The van der Waals surface area contributed by atoms with Crippen molar-refractivity contribution in [1.82, 2.24) is 25.2 Å². The molecule has 2 aromatic heterocycles. The summed E-state index contributed by atoms with van der Waals surface area (Å²) in [5, 5.41) is 5.54. The zero-order valence-corrected chi connectivity index (χ0v) is 30.4. The quantitative estimate of drug-likeness (QED) is 0.168. The molecular weight excluding hydrogens is 621 g/mol. The number of aromatic nitrogens is 3. The van der Waals surface area contributed by atoms with E-state index in [1.807, 2.05) is 18.2 Å². The summed E-state index contributed by atoms with van der Waals surface area (Å²) in [6.07, 6.45) is 2.73. The van der Waals surface area contributed by atoms with Crippen LogP contribution in [0.25, 0.3) is 32.9 Å². The van der Waals surface area contributed by atoms with Gasteiger partial charge in [0.05, 0.1) is 10.9 Å². The van der Waals surface area contributed by atoms with Crippen molar-refractivity contribution in [3.63, 3.8) is 0 Å². The second kappa shape index (κ2) is 12.3. The van der Waals surface area contributed by atoms with Gasteiger partial charge in [0.15, 0.2) is 5.82 Å². The molecule has 3 fully saturated rings. The smallest absolute Gasteiger partial charge is 0.228 e. The highest BCUT2D eigenvalue weighted by molar-refractivity contribution is 6.90. The van der Waals surface area contributed by atoms with E-state index >= 15 is 8.78 Å². The minimum atomic E-state index is -2.17. The summed E-state index contributed by atoms with van der Waals surface area (Å²) in [4.78, 5) is 21.2. The molecule has 0 spiro atoms. The van der Waals surface area contributed by atoms with E-state index in [2.05, 4.69) is 87.1 Å². The molecule has 3 aliphatic rings. The Hall–Kier alpha value is -3.65. The molecule has 0 amide bonds. The van der Waals surface area contributed by atoms with Crippen molar-refractivity contribution in [1.29, 1.82) is 0 Å². The van der Waals surface area contributed by atoms with E-state index < -0.39 is 19.7 Å². The number of likely N-dealkylation sites (N-methyl/N-ethyl adjacent to an activating group) is 1. The molecule has 2 atom stereocenters. The molecule has 0 bridgehead atoms. The van der Waals surface area contributed by atoms with Gasteiger partial charge in [0.2, 0.25) is 5.95 Å². The van der Waals surface area contributed by atoms with Gasteiger partial charge >= 0.3 is 0 Å². The molecule has 3 saturated heterocycles. The molecule has 252 valence electrons. The monoisotopic (exact) mass is 667 g/mol. The van der Waals surface area contributed by atoms with Crippen molar-refractivity contribution in [3.05, 3.63) is 53.7 Å². The zero-order valence-electron chi connectivity index (χ0n) is 29.4. The van der Waals surface area contributed by atoms with Gasteiger partial charge in [-0.25, -0.2) is 13.8 Å². The third kappa shape index (κ3) is 5.17. The molecule has 4 aromatic rings. The van der Waals surface area contributed by atoms with Crippen molar-refractivity contribution >= 4 is 41.5 Å². The summed E-state index contributed by atoms with van der Waals surface area (Å²) in [6, 6.07) is 9.99. The number of nitrogens with zero attached hydrogens (tertiary/aromatic N) is 6. The van der Waals surface area contributed by atoms with Crippen LogP contribution in [0.5, 0.6) is 0 Å². The predicted molar refractivity (Wildman–Crippen MR) is 195 cm³/mol. The maximum absolute atomic E-state index is 17.1. The third-order valence-corrected chi connectivity index (χ3v) is 17.7. The standard InChI is InChI=1S/C38H47F2N7Si/c1-22(2)48(23(3)4,24(5)6)17-15-27-30(39)13-12-25-10-9-11-28(33(25)27)35-34(40)36-29(18-42-35)37(47-21-31-32(47)14-16-41-31)44-38(43-36)46-19-26(20-46)45(7)8/h9-13,18,22-24,26,31-32,41H,14,16,19-21H2,1-8H3/t31-,32-/m1/s1. The molecule has 10 heteroatoms. The van der Waals surface area contributed by atoms with Gasteiger partial charge in [-0.15, -0.1) is 5.54 Å². The molecule has 5 heterocycles. The molecule has 0 unspecified atom stereocenters. The molecule has 7 nitrogen and oxygen atoms in total. The molecule has 7 rings (SSSR count). The van der Waals surface area contributed by atoms with E-state index in [9.17, 15) is 0 Å². The summed E-state index contributed by atoms with van der Waals surface area (Å²) >= 11 is 0. The summed E-state index contributed by atoms with van der Waals surface area (Å²) in [6.45, 7) is 16.8. The Bertz CT molecular complexity index is 1920. The highest BCUT2D eigenvalue weighted by Gasteiger charge is 2.44. The van der Waals surface area contributed by atoms with Crippen LogP contribution in [-0.4, -0.2) is 86.3 Å². The molecule has 0 radical (unpaired) electrons. The van der Waals surface area contributed by atoms with E-state index in [1.54, 1.807) is 12.3 Å². The van der Waals surface area contributed by atoms with Crippen molar-refractivity contribution in [2.24, 2.45) is 0 Å². The first-order chi connectivity index (χ1) is 22.9. The van der Waals surface area contributed by atoms with Crippen LogP contribution in [0.2, 0.25) is 16.6 Å². The zero-order chi connectivity index (χ0) is 34.1. The van der Waals surface area contributed by atoms with Gasteiger partial charge in [-0.2, -0.15) is 4.98 Å². The number of benzene rings is 2. The second-order valence-electron chi connectivity index (χ2n) is 15.1. The summed E-state index contributed by atoms with van der Waals surface area (Å²) < 4.78 is 33.0. The van der Waals surface area contributed by atoms with Crippen LogP contribution in [0.4, 0.5) is 20.5 Å². The van der Waals surface area contributed by atoms with Crippen LogP contribution >= 0.6 is 0 Å². The van der Waals surface area contributed by atoms with E-state index in [-0.39, 0.29) is 11.2 Å². The largest absolute Gasteiger partial charge is 0.350 e. The fourth-order valence-electron chi connectivity index (χ4n) is 8.57. The molecule has 3 aliphatic heterocycles. The normalized spacial score (nSPS) is 19.8. The lowest BCUT2D eigenvalue weighted by molar-refractivity contribution is 0.245. The van der Waals surface area contributed by atoms with Crippen LogP contribution in [0.3, 0.4) is 0 Å². The van der Waals surface area contributed by atoms with Gasteiger partial charge in [-0.1, -0.05) is 71.7 Å². The predicted octanol–water partition coefficient (Wildman–Crippen LogP) is 6.99. The van der Waals surface area contributed by atoms with Crippen molar-refractivity contribution < 1.29 is 8.78 Å². The van der Waals surface area contributed by atoms with E-state index in [4.69, 9.17) is 15.0 Å².